The van der Waals surface area contributed by atoms with Gasteiger partial charge in [0.1, 0.15) is 5.82 Å². The lowest BCUT2D eigenvalue weighted by Crippen LogP contribution is -2.53. The molecule has 1 saturated heterocycles. The third-order valence-corrected chi connectivity index (χ3v) is 5.02. The van der Waals surface area contributed by atoms with Crippen molar-refractivity contribution in [3.05, 3.63) is 16.8 Å². The zero-order chi connectivity index (χ0) is 14.8. The Kier molecular flexibility index (Phi) is 4.62. The molecule has 1 saturated carbocycles. The number of likely N-dealkylation sites (tertiary alicyclic amines) is 1. The highest BCUT2D eigenvalue weighted by molar-refractivity contribution is 6.30. The summed E-state index contributed by atoms with van der Waals surface area (Å²) in [5, 5.41) is 12.1. The molecule has 1 N–H and O–H groups in total. The molecule has 116 valence electrons. The molecule has 1 aliphatic heterocycles. The van der Waals surface area contributed by atoms with Crippen LogP contribution in [0.5, 0.6) is 0 Å². The average molecular weight is 311 g/mol. The quantitative estimate of drug-likeness (QED) is 0.926. The van der Waals surface area contributed by atoms with Crippen LogP contribution in [-0.2, 0) is 4.74 Å². The fraction of sp³-hybridized carbons (Fsp3) is 0.733. The van der Waals surface area contributed by atoms with Crippen molar-refractivity contribution in [3.63, 3.8) is 0 Å². The number of rotatable bonds is 4. The summed E-state index contributed by atoms with van der Waals surface area (Å²) in [5.74, 6) is 0.826. The van der Waals surface area contributed by atoms with Crippen LogP contribution in [-0.4, -0.2) is 53.5 Å². The predicted molar refractivity (Wildman–Crippen MR) is 83.8 cm³/mol. The first-order valence-electron chi connectivity index (χ1n) is 7.69. The number of nitrogens with one attached hydrogen (secondary N) is 1. The number of nitrogens with zero attached hydrogens (tertiary/aromatic N) is 3. The van der Waals surface area contributed by atoms with Crippen molar-refractivity contribution in [1.82, 2.24) is 15.1 Å². The molecule has 0 radical (unpaired) electrons. The molecule has 2 aliphatic rings. The smallest absolute Gasteiger partial charge is 0.154 e. The molecule has 3 rings (SSSR count). The first-order valence-corrected chi connectivity index (χ1v) is 8.06. The Morgan fingerprint density at radius 1 is 1.38 bits per heavy atom. The molecule has 6 heteroatoms. The first kappa shape index (κ1) is 15.0. The Bertz CT molecular complexity index is 493. The summed E-state index contributed by atoms with van der Waals surface area (Å²) >= 11 is 5.92. The number of anilines is 1. The second-order valence-electron chi connectivity index (χ2n) is 6.16. The minimum Gasteiger partial charge on any atom is -0.381 e. The largest absolute Gasteiger partial charge is 0.381 e. The Hall–Kier alpha value is -0.910. The molecule has 0 unspecified atom stereocenters. The van der Waals surface area contributed by atoms with Crippen LogP contribution in [0.25, 0.3) is 0 Å². The summed E-state index contributed by atoms with van der Waals surface area (Å²) in [5.41, 5.74) is 0.962. The summed E-state index contributed by atoms with van der Waals surface area (Å²) < 4.78 is 5.38. The number of hydrogen-bond acceptors (Lipinski definition) is 5. The molecule has 2 heterocycles. The van der Waals surface area contributed by atoms with Gasteiger partial charge in [-0.15, -0.1) is 10.2 Å². The van der Waals surface area contributed by atoms with E-state index in [0.29, 0.717) is 23.3 Å². The Balaban J connectivity index is 1.55. The number of halogens is 1. The van der Waals surface area contributed by atoms with E-state index >= 15 is 0 Å². The van der Waals surface area contributed by atoms with E-state index in [1.807, 2.05) is 20.1 Å². The highest BCUT2D eigenvalue weighted by atomic mass is 35.5. The highest BCUT2D eigenvalue weighted by Gasteiger charge is 2.35. The van der Waals surface area contributed by atoms with Crippen molar-refractivity contribution in [1.29, 1.82) is 0 Å². The van der Waals surface area contributed by atoms with Gasteiger partial charge < -0.3 is 10.1 Å². The predicted octanol–water partition coefficient (Wildman–Crippen LogP) is 2.49. The van der Waals surface area contributed by atoms with Crippen molar-refractivity contribution in [2.24, 2.45) is 0 Å². The zero-order valence-electron chi connectivity index (χ0n) is 12.7. The van der Waals surface area contributed by atoms with Gasteiger partial charge in [0.05, 0.1) is 6.10 Å². The van der Waals surface area contributed by atoms with Crippen molar-refractivity contribution < 1.29 is 4.74 Å². The van der Waals surface area contributed by atoms with E-state index in [4.69, 9.17) is 16.3 Å². The number of piperidine rings is 1. The van der Waals surface area contributed by atoms with Gasteiger partial charge in [-0.25, -0.2) is 0 Å². The molecule has 1 aliphatic carbocycles. The lowest BCUT2D eigenvalue weighted by molar-refractivity contribution is -0.0333. The van der Waals surface area contributed by atoms with Crippen LogP contribution in [0.15, 0.2) is 6.07 Å². The van der Waals surface area contributed by atoms with Gasteiger partial charge in [0, 0.05) is 25.7 Å². The van der Waals surface area contributed by atoms with E-state index < -0.39 is 0 Å². The van der Waals surface area contributed by atoms with Gasteiger partial charge in [-0.3, -0.25) is 4.90 Å². The molecule has 0 aromatic carbocycles. The standard InChI is InChI=1S/C15H23ClN4O/c1-10-6-14(18-19-15(10)16)17-11-4-3-5-20(9-11)12-7-13(8-12)21-2/h6,11-13H,3-5,7-9H2,1-2H3,(H,17,18)/t11-,12?,13?/m1/s1. The molecule has 0 spiro atoms. The molecule has 5 nitrogen and oxygen atoms in total. The topological polar surface area (TPSA) is 50.3 Å². The van der Waals surface area contributed by atoms with Crippen molar-refractivity contribution in [2.75, 3.05) is 25.5 Å². The van der Waals surface area contributed by atoms with E-state index in [1.165, 1.54) is 32.2 Å². The van der Waals surface area contributed by atoms with Crippen LogP contribution in [0.1, 0.15) is 31.2 Å². The third kappa shape index (κ3) is 3.47. The van der Waals surface area contributed by atoms with Crippen molar-refractivity contribution in [2.45, 2.75) is 50.8 Å². The minimum absolute atomic E-state index is 0.440. The van der Waals surface area contributed by atoms with E-state index in [2.05, 4.69) is 20.4 Å². The van der Waals surface area contributed by atoms with E-state index in [0.717, 1.165) is 17.9 Å². The van der Waals surface area contributed by atoms with Gasteiger partial charge in [-0.05, 0) is 50.8 Å². The zero-order valence-corrected chi connectivity index (χ0v) is 13.4. The van der Waals surface area contributed by atoms with Gasteiger partial charge in [0.25, 0.3) is 0 Å². The lowest BCUT2D eigenvalue weighted by Gasteiger charge is -2.45. The number of methoxy groups -OCH3 is 1. The molecule has 2 fully saturated rings. The number of hydrogen-bond donors (Lipinski definition) is 1. The Morgan fingerprint density at radius 2 is 2.19 bits per heavy atom. The maximum atomic E-state index is 5.92. The van der Waals surface area contributed by atoms with Crippen LogP contribution in [0.3, 0.4) is 0 Å². The number of aromatic nitrogens is 2. The van der Waals surface area contributed by atoms with Crippen LogP contribution >= 0.6 is 11.6 Å². The molecule has 0 amide bonds. The van der Waals surface area contributed by atoms with Gasteiger partial charge in [-0.2, -0.15) is 0 Å². The monoisotopic (exact) mass is 310 g/mol. The van der Waals surface area contributed by atoms with Crippen LogP contribution < -0.4 is 5.32 Å². The molecule has 0 bridgehead atoms. The number of ether oxygens (including phenoxy) is 1. The molecular weight excluding hydrogens is 288 g/mol. The second-order valence-corrected chi connectivity index (χ2v) is 6.52. The highest BCUT2D eigenvalue weighted by Crippen LogP contribution is 2.30. The van der Waals surface area contributed by atoms with Crippen LogP contribution in [0, 0.1) is 6.92 Å². The molecule has 21 heavy (non-hydrogen) atoms. The van der Waals surface area contributed by atoms with Crippen LogP contribution in [0.2, 0.25) is 5.15 Å². The summed E-state index contributed by atoms with van der Waals surface area (Å²) in [7, 11) is 1.81. The minimum atomic E-state index is 0.440. The second kappa shape index (κ2) is 6.46. The SMILES string of the molecule is COC1CC(N2CCC[C@@H](Nc3cc(C)c(Cl)nn3)C2)C1. The maximum absolute atomic E-state index is 5.92. The summed E-state index contributed by atoms with van der Waals surface area (Å²) in [6.45, 7) is 4.23. The first-order chi connectivity index (χ1) is 10.2. The van der Waals surface area contributed by atoms with E-state index in [9.17, 15) is 0 Å². The molecular formula is C15H23ClN4O. The van der Waals surface area contributed by atoms with Crippen molar-refractivity contribution in [3.8, 4) is 0 Å². The van der Waals surface area contributed by atoms with Gasteiger partial charge >= 0.3 is 0 Å². The third-order valence-electron chi connectivity index (χ3n) is 4.65. The summed E-state index contributed by atoms with van der Waals surface area (Å²) in [6.07, 6.45) is 5.21. The average Bonchev–Trinajstić information content (AvgIpc) is 2.42. The van der Waals surface area contributed by atoms with E-state index in [-0.39, 0.29) is 0 Å². The molecule has 1 aromatic heterocycles. The fourth-order valence-corrected chi connectivity index (χ4v) is 3.33. The van der Waals surface area contributed by atoms with Crippen LogP contribution in [0.4, 0.5) is 5.82 Å². The molecule has 1 aromatic rings. The maximum Gasteiger partial charge on any atom is 0.154 e. The van der Waals surface area contributed by atoms with Gasteiger partial charge in [0.15, 0.2) is 5.15 Å². The van der Waals surface area contributed by atoms with E-state index in [1.54, 1.807) is 0 Å². The Morgan fingerprint density at radius 3 is 2.90 bits per heavy atom. The normalized spacial score (nSPS) is 30.0. The number of aryl methyl sites for hydroxylation is 1. The lowest BCUT2D eigenvalue weighted by atomic mass is 9.86. The van der Waals surface area contributed by atoms with Gasteiger partial charge in [-0.1, -0.05) is 11.6 Å². The summed E-state index contributed by atoms with van der Waals surface area (Å²) in [4.78, 5) is 2.59. The molecule has 1 atom stereocenters. The van der Waals surface area contributed by atoms with Gasteiger partial charge in [0.2, 0.25) is 0 Å². The summed E-state index contributed by atoms with van der Waals surface area (Å²) in [6, 6.07) is 3.10. The fourth-order valence-electron chi connectivity index (χ4n) is 3.23. The Labute approximate surface area is 131 Å². The van der Waals surface area contributed by atoms with Crippen molar-refractivity contribution >= 4 is 17.4 Å².